The fourth-order valence-electron chi connectivity index (χ4n) is 1.79. The van der Waals surface area contributed by atoms with Gasteiger partial charge in [0.1, 0.15) is 5.75 Å². The number of carbonyl (C=O) groups excluding carboxylic acids is 1. The van der Waals surface area contributed by atoms with Crippen molar-refractivity contribution >= 4 is 11.6 Å². The molecule has 0 saturated heterocycles. The Labute approximate surface area is 111 Å². The summed E-state index contributed by atoms with van der Waals surface area (Å²) in [5.74, 6) is 0.451. The molecule has 1 heterocycles. The Kier molecular flexibility index (Phi) is 3.70. The summed E-state index contributed by atoms with van der Waals surface area (Å²) in [6.45, 7) is 0.479. The number of nitrogens with zero attached hydrogens (tertiary/aromatic N) is 2. The van der Waals surface area contributed by atoms with E-state index in [0.29, 0.717) is 23.5 Å². The number of anilines is 1. The lowest BCUT2D eigenvalue weighted by atomic mass is 10.1. The van der Waals surface area contributed by atoms with Crippen molar-refractivity contribution in [2.45, 2.75) is 6.54 Å². The lowest BCUT2D eigenvalue weighted by molar-refractivity contribution is 0.0785. The second kappa shape index (κ2) is 5.43. The highest BCUT2D eigenvalue weighted by Crippen LogP contribution is 2.19. The molecule has 0 bridgehead atoms. The normalized spacial score (nSPS) is 10.2. The molecule has 1 amide bonds. The summed E-state index contributed by atoms with van der Waals surface area (Å²) in [6, 6.07) is 4.98. The van der Waals surface area contributed by atoms with E-state index in [2.05, 4.69) is 10.2 Å². The molecule has 0 spiro atoms. The first-order valence-electron chi connectivity index (χ1n) is 5.78. The Morgan fingerprint density at radius 2 is 2.26 bits per heavy atom. The summed E-state index contributed by atoms with van der Waals surface area (Å²) < 4.78 is 5.11. The van der Waals surface area contributed by atoms with Gasteiger partial charge in [-0.3, -0.25) is 9.89 Å². The largest absolute Gasteiger partial charge is 0.497 e. The van der Waals surface area contributed by atoms with Crippen molar-refractivity contribution in [1.82, 2.24) is 15.1 Å². The number of benzene rings is 1. The number of H-pyrrole nitrogens is 1. The van der Waals surface area contributed by atoms with Crippen LogP contribution in [0.4, 0.5) is 5.69 Å². The van der Waals surface area contributed by atoms with Crippen LogP contribution in [0.5, 0.6) is 5.75 Å². The minimum Gasteiger partial charge on any atom is -0.497 e. The minimum atomic E-state index is -0.119. The van der Waals surface area contributed by atoms with Crippen LogP contribution < -0.4 is 10.5 Å². The molecule has 0 fully saturated rings. The van der Waals surface area contributed by atoms with Crippen LogP contribution in [0.1, 0.15) is 15.9 Å². The first-order valence-corrected chi connectivity index (χ1v) is 5.78. The minimum absolute atomic E-state index is 0.119. The smallest absolute Gasteiger partial charge is 0.254 e. The van der Waals surface area contributed by atoms with E-state index in [9.17, 15) is 4.79 Å². The fraction of sp³-hybridized carbons (Fsp3) is 0.231. The van der Waals surface area contributed by atoms with Crippen LogP contribution in [-0.4, -0.2) is 35.2 Å². The van der Waals surface area contributed by atoms with Gasteiger partial charge in [-0.15, -0.1) is 0 Å². The standard InChI is InChI=1S/C13H16N4O2/c1-17(8-9-6-15-16-7-9)13(18)10-3-11(14)5-12(4-10)19-2/h3-7H,8,14H2,1-2H3,(H,15,16). The number of hydrogen-bond acceptors (Lipinski definition) is 4. The molecule has 1 aromatic heterocycles. The van der Waals surface area contributed by atoms with Gasteiger partial charge in [0.15, 0.2) is 0 Å². The number of nitrogens with one attached hydrogen (secondary N) is 1. The zero-order valence-electron chi connectivity index (χ0n) is 10.9. The molecule has 0 aliphatic carbocycles. The fourth-order valence-corrected chi connectivity index (χ4v) is 1.79. The summed E-state index contributed by atoms with van der Waals surface area (Å²) in [7, 11) is 3.27. The summed E-state index contributed by atoms with van der Waals surface area (Å²) in [5.41, 5.74) is 7.68. The van der Waals surface area contributed by atoms with Gasteiger partial charge in [0, 0.05) is 42.7 Å². The molecule has 0 saturated carbocycles. The van der Waals surface area contributed by atoms with Gasteiger partial charge in [0.25, 0.3) is 5.91 Å². The molecule has 0 unspecified atom stereocenters. The first-order chi connectivity index (χ1) is 9.10. The van der Waals surface area contributed by atoms with Gasteiger partial charge in [0.2, 0.25) is 0 Å². The molecule has 6 nitrogen and oxygen atoms in total. The van der Waals surface area contributed by atoms with Crippen LogP contribution in [-0.2, 0) is 6.54 Å². The highest BCUT2D eigenvalue weighted by molar-refractivity contribution is 5.95. The Bertz CT molecular complexity index is 566. The maximum absolute atomic E-state index is 12.3. The molecule has 2 aromatic rings. The van der Waals surface area contributed by atoms with Crippen molar-refractivity contribution < 1.29 is 9.53 Å². The van der Waals surface area contributed by atoms with Crippen LogP contribution >= 0.6 is 0 Å². The topological polar surface area (TPSA) is 84.2 Å². The molecule has 3 N–H and O–H groups in total. The molecule has 6 heteroatoms. The quantitative estimate of drug-likeness (QED) is 0.811. The molecule has 100 valence electrons. The van der Waals surface area contributed by atoms with Crippen molar-refractivity contribution in [1.29, 1.82) is 0 Å². The number of hydrogen-bond donors (Lipinski definition) is 2. The monoisotopic (exact) mass is 260 g/mol. The number of rotatable bonds is 4. The van der Waals surface area contributed by atoms with E-state index in [1.54, 1.807) is 42.5 Å². The molecule has 1 aromatic carbocycles. The number of amides is 1. The lowest BCUT2D eigenvalue weighted by Crippen LogP contribution is -2.26. The SMILES string of the molecule is COc1cc(N)cc(C(=O)N(C)Cc2cn[nH]c2)c1. The van der Waals surface area contributed by atoms with Crippen molar-refractivity contribution in [2.75, 3.05) is 19.9 Å². The van der Waals surface area contributed by atoms with Crippen LogP contribution in [0, 0.1) is 0 Å². The average Bonchev–Trinajstić information content (AvgIpc) is 2.89. The second-order valence-corrected chi connectivity index (χ2v) is 4.26. The van der Waals surface area contributed by atoms with Crippen LogP contribution in [0.3, 0.4) is 0 Å². The Morgan fingerprint density at radius 1 is 1.47 bits per heavy atom. The number of methoxy groups -OCH3 is 1. The number of ether oxygens (including phenoxy) is 1. The van der Waals surface area contributed by atoms with Gasteiger partial charge in [-0.05, 0) is 12.1 Å². The lowest BCUT2D eigenvalue weighted by Gasteiger charge is -2.17. The van der Waals surface area contributed by atoms with Gasteiger partial charge < -0.3 is 15.4 Å². The van der Waals surface area contributed by atoms with E-state index in [0.717, 1.165) is 5.56 Å². The van der Waals surface area contributed by atoms with E-state index in [4.69, 9.17) is 10.5 Å². The molecular weight excluding hydrogens is 244 g/mol. The molecular formula is C13H16N4O2. The third kappa shape index (κ3) is 3.04. The van der Waals surface area contributed by atoms with Gasteiger partial charge >= 0.3 is 0 Å². The predicted molar refractivity (Wildman–Crippen MR) is 71.8 cm³/mol. The van der Waals surface area contributed by atoms with Crippen molar-refractivity contribution in [2.24, 2.45) is 0 Å². The van der Waals surface area contributed by atoms with Crippen LogP contribution in [0.25, 0.3) is 0 Å². The van der Waals surface area contributed by atoms with E-state index >= 15 is 0 Å². The van der Waals surface area contributed by atoms with Crippen molar-refractivity contribution in [3.63, 3.8) is 0 Å². The number of nitrogens with two attached hydrogens (primary N) is 1. The van der Waals surface area contributed by atoms with Crippen molar-refractivity contribution in [3.05, 3.63) is 41.7 Å². The summed E-state index contributed by atoms with van der Waals surface area (Å²) in [4.78, 5) is 13.9. The third-order valence-corrected chi connectivity index (χ3v) is 2.73. The maximum Gasteiger partial charge on any atom is 0.254 e. The molecule has 2 rings (SSSR count). The summed E-state index contributed by atoms with van der Waals surface area (Å²) in [5, 5.41) is 6.56. The van der Waals surface area contributed by atoms with E-state index < -0.39 is 0 Å². The predicted octanol–water partition coefficient (Wildman–Crippen LogP) is 1.27. The van der Waals surface area contributed by atoms with Gasteiger partial charge in [-0.1, -0.05) is 0 Å². The molecule has 0 aliphatic rings. The van der Waals surface area contributed by atoms with E-state index in [-0.39, 0.29) is 5.91 Å². The highest BCUT2D eigenvalue weighted by Gasteiger charge is 2.14. The number of aromatic amines is 1. The Balaban J connectivity index is 2.16. The Hall–Kier alpha value is -2.50. The molecule has 0 aliphatic heterocycles. The van der Waals surface area contributed by atoms with Crippen LogP contribution in [0.15, 0.2) is 30.6 Å². The number of nitrogen functional groups attached to an aromatic ring is 1. The highest BCUT2D eigenvalue weighted by atomic mass is 16.5. The van der Waals surface area contributed by atoms with E-state index in [1.807, 2.05) is 0 Å². The first kappa shape index (κ1) is 12.9. The third-order valence-electron chi connectivity index (χ3n) is 2.73. The zero-order valence-corrected chi connectivity index (χ0v) is 10.9. The van der Waals surface area contributed by atoms with Crippen molar-refractivity contribution in [3.8, 4) is 5.75 Å². The van der Waals surface area contributed by atoms with Crippen LogP contribution in [0.2, 0.25) is 0 Å². The zero-order chi connectivity index (χ0) is 13.8. The molecule has 0 atom stereocenters. The maximum atomic E-state index is 12.3. The average molecular weight is 260 g/mol. The summed E-state index contributed by atoms with van der Waals surface area (Å²) >= 11 is 0. The second-order valence-electron chi connectivity index (χ2n) is 4.26. The number of carbonyl (C=O) groups is 1. The number of aromatic nitrogens is 2. The summed E-state index contributed by atoms with van der Waals surface area (Å²) in [6.07, 6.45) is 3.44. The Morgan fingerprint density at radius 3 is 2.89 bits per heavy atom. The molecule has 0 radical (unpaired) electrons. The molecule has 19 heavy (non-hydrogen) atoms. The van der Waals surface area contributed by atoms with Gasteiger partial charge in [0.05, 0.1) is 13.3 Å². The van der Waals surface area contributed by atoms with E-state index in [1.165, 1.54) is 7.11 Å². The van der Waals surface area contributed by atoms with Gasteiger partial charge in [-0.2, -0.15) is 5.10 Å². The van der Waals surface area contributed by atoms with Gasteiger partial charge in [-0.25, -0.2) is 0 Å².